The van der Waals surface area contributed by atoms with E-state index in [4.69, 9.17) is 4.74 Å². The Balaban J connectivity index is 1.72. The number of H-pyrrole nitrogens is 1. The molecule has 0 spiro atoms. The lowest BCUT2D eigenvalue weighted by Crippen LogP contribution is -2.17. The van der Waals surface area contributed by atoms with Gasteiger partial charge in [-0.1, -0.05) is 0 Å². The molecule has 0 atom stereocenters. The molecule has 0 saturated heterocycles. The van der Waals surface area contributed by atoms with E-state index in [-0.39, 0.29) is 17.6 Å². The molecule has 0 aliphatic carbocycles. The van der Waals surface area contributed by atoms with E-state index in [9.17, 15) is 9.59 Å². The number of hydrogen-bond acceptors (Lipinski definition) is 6. The van der Waals surface area contributed by atoms with Crippen LogP contribution in [0.2, 0.25) is 0 Å². The van der Waals surface area contributed by atoms with E-state index in [0.29, 0.717) is 22.2 Å². The number of carbonyl (C=O) groups excluding carboxylic acids is 1. The molecule has 2 N–H and O–H groups in total. The number of rotatable bonds is 5. The first-order valence-electron chi connectivity index (χ1n) is 8.61. The first-order valence-corrected chi connectivity index (χ1v) is 9.38. The summed E-state index contributed by atoms with van der Waals surface area (Å²) in [6.07, 6.45) is 1.44. The van der Waals surface area contributed by atoms with Crippen LogP contribution in [0.3, 0.4) is 0 Å². The summed E-state index contributed by atoms with van der Waals surface area (Å²) in [6.45, 7) is 3.90. The predicted molar refractivity (Wildman–Crippen MR) is 108 cm³/mol. The van der Waals surface area contributed by atoms with Crippen LogP contribution >= 0.6 is 11.5 Å². The molecule has 1 aromatic carbocycles. The van der Waals surface area contributed by atoms with Crippen LogP contribution in [0.15, 0.2) is 53.6 Å². The van der Waals surface area contributed by atoms with Crippen molar-refractivity contribution in [3.63, 3.8) is 0 Å². The van der Waals surface area contributed by atoms with Crippen molar-refractivity contribution >= 4 is 33.6 Å². The van der Waals surface area contributed by atoms with Crippen LogP contribution in [0.5, 0.6) is 5.75 Å². The molecule has 9 heteroatoms. The summed E-state index contributed by atoms with van der Waals surface area (Å²) in [5.41, 5.74) is 1.32. The maximum Gasteiger partial charge on any atom is 0.273 e. The van der Waals surface area contributed by atoms with Gasteiger partial charge in [0.15, 0.2) is 0 Å². The number of ether oxygens (including phenoxy) is 1. The number of fused-ring (bicyclic) bond motifs is 1. The van der Waals surface area contributed by atoms with E-state index in [1.165, 1.54) is 17.0 Å². The number of anilines is 1. The van der Waals surface area contributed by atoms with Gasteiger partial charge >= 0.3 is 0 Å². The number of nitrogens with one attached hydrogen (secondary N) is 2. The number of amides is 1. The van der Waals surface area contributed by atoms with Crippen molar-refractivity contribution < 1.29 is 9.53 Å². The van der Waals surface area contributed by atoms with Crippen molar-refractivity contribution in [3.05, 3.63) is 64.8 Å². The number of pyridine rings is 1. The highest BCUT2D eigenvalue weighted by Crippen LogP contribution is 2.21. The maximum atomic E-state index is 12.5. The number of hydrogen-bond donors (Lipinski definition) is 2. The second kappa shape index (κ2) is 7.28. The summed E-state index contributed by atoms with van der Waals surface area (Å²) < 4.78 is 11.0. The number of aromatic amines is 1. The minimum Gasteiger partial charge on any atom is -0.491 e. The lowest BCUT2D eigenvalue weighted by Gasteiger charge is -2.11. The first kappa shape index (κ1) is 17.9. The summed E-state index contributed by atoms with van der Waals surface area (Å²) in [6, 6.07) is 12.1. The largest absolute Gasteiger partial charge is 0.491 e. The highest BCUT2D eigenvalue weighted by molar-refractivity contribution is 7.09. The Morgan fingerprint density at radius 3 is 2.68 bits per heavy atom. The molecule has 3 aromatic heterocycles. The quantitative estimate of drug-likeness (QED) is 0.540. The van der Waals surface area contributed by atoms with Crippen LogP contribution < -0.4 is 15.6 Å². The Kier molecular flexibility index (Phi) is 4.66. The summed E-state index contributed by atoms with van der Waals surface area (Å²) in [5.74, 6) is 0.371. The van der Waals surface area contributed by atoms with Gasteiger partial charge in [0.1, 0.15) is 23.4 Å². The van der Waals surface area contributed by atoms with E-state index in [0.717, 1.165) is 22.7 Å². The Bertz CT molecular complexity index is 1180. The Labute approximate surface area is 164 Å². The van der Waals surface area contributed by atoms with Crippen LogP contribution in [0.25, 0.3) is 16.7 Å². The van der Waals surface area contributed by atoms with Crippen molar-refractivity contribution in [2.45, 2.75) is 20.0 Å². The minimum atomic E-state index is -0.354. The van der Waals surface area contributed by atoms with Crippen molar-refractivity contribution in [2.24, 2.45) is 0 Å². The summed E-state index contributed by atoms with van der Waals surface area (Å²) in [5, 5.41) is 3.81. The fraction of sp³-hybridized carbons (Fsp3) is 0.158. The van der Waals surface area contributed by atoms with Gasteiger partial charge < -0.3 is 9.72 Å². The summed E-state index contributed by atoms with van der Waals surface area (Å²) in [7, 11) is 0. The second-order valence-electron chi connectivity index (χ2n) is 6.35. The van der Waals surface area contributed by atoms with Gasteiger partial charge in [-0.15, -0.1) is 0 Å². The van der Waals surface area contributed by atoms with Crippen molar-refractivity contribution in [2.75, 3.05) is 5.32 Å². The van der Waals surface area contributed by atoms with Crippen LogP contribution in [0.4, 0.5) is 5.13 Å². The van der Waals surface area contributed by atoms with Gasteiger partial charge in [0.05, 0.1) is 11.8 Å². The SMILES string of the molecule is CC(C)Oc1ccc(-n2c(=O)ccc3cc(C(=O)Nc4ncns4)[nH]c32)cc1. The van der Waals surface area contributed by atoms with Crippen LogP contribution in [-0.4, -0.2) is 30.9 Å². The van der Waals surface area contributed by atoms with E-state index in [1.54, 1.807) is 24.3 Å². The molecule has 4 aromatic rings. The third-order valence-corrected chi connectivity index (χ3v) is 4.55. The topological polar surface area (TPSA) is 102 Å². The maximum absolute atomic E-state index is 12.5. The molecule has 0 unspecified atom stereocenters. The van der Waals surface area contributed by atoms with E-state index in [1.807, 2.05) is 26.0 Å². The average molecular weight is 395 g/mol. The van der Waals surface area contributed by atoms with Crippen LogP contribution in [0.1, 0.15) is 24.3 Å². The third kappa shape index (κ3) is 3.52. The molecule has 0 fully saturated rings. The molecule has 0 bridgehead atoms. The Hall–Kier alpha value is -3.46. The van der Waals surface area contributed by atoms with Gasteiger partial charge in [-0.3, -0.25) is 19.5 Å². The van der Waals surface area contributed by atoms with Gasteiger partial charge in [0, 0.05) is 23.0 Å². The number of benzene rings is 1. The molecule has 0 saturated carbocycles. The van der Waals surface area contributed by atoms with E-state index < -0.39 is 0 Å². The highest BCUT2D eigenvalue weighted by Gasteiger charge is 2.15. The number of carbonyl (C=O) groups is 1. The monoisotopic (exact) mass is 395 g/mol. The summed E-state index contributed by atoms with van der Waals surface area (Å²) in [4.78, 5) is 32.0. The molecule has 4 rings (SSSR count). The fourth-order valence-electron chi connectivity index (χ4n) is 2.83. The normalized spacial score (nSPS) is 11.1. The second-order valence-corrected chi connectivity index (χ2v) is 7.14. The van der Waals surface area contributed by atoms with Crippen molar-refractivity contribution in [1.29, 1.82) is 0 Å². The highest BCUT2D eigenvalue weighted by atomic mass is 32.1. The predicted octanol–water partition coefficient (Wildman–Crippen LogP) is 3.21. The molecular formula is C19H17N5O3S. The van der Waals surface area contributed by atoms with Crippen LogP contribution in [-0.2, 0) is 0 Å². The molecule has 0 aliphatic rings. The number of nitrogens with zero attached hydrogens (tertiary/aromatic N) is 3. The zero-order valence-corrected chi connectivity index (χ0v) is 16.0. The standard InChI is InChI=1S/C19H17N5O3S/c1-11(2)27-14-6-4-13(5-7-14)24-16(25)8-3-12-9-15(22-17(12)24)18(26)23-19-20-10-21-28-19/h3-11,22H,1-2H3,(H,20,21,23,26). The zero-order valence-electron chi connectivity index (χ0n) is 15.2. The molecule has 1 amide bonds. The van der Waals surface area contributed by atoms with Gasteiger partial charge in [-0.05, 0) is 50.2 Å². The average Bonchev–Trinajstić information content (AvgIpc) is 3.31. The lowest BCUT2D eigenvalue weighted by molar-refractivity contribution is 0.102. The molecular weight excluding hydrogens is 378 g/mol. The molecule has 0 radical (unpaired) electrons. The molecule has 3 heterocycles. The number of aromatic nitrogens is 4. The Morgan fingerprint density at radius 2 is 2.00 bits per heavy atom. The zero-order chi connectivity index (χ0) is 19.7. The smallest absolute Gasteiger partial charge is 0.273 e. The fourth-order valence-corrected chi connectivity index (χ4v) is 3.26. The first-order chi connectivity index (χ1) is 13.5. The van der Waals surface area contributed by atoms with Gasteiger partial charge in [-0.2, -0.15) is 4.37 Å². The molecule has 28 heavy (non-hydrogen) atoms. The summed E-state index contributed by atoms with van der Waals surface area (Å²) >= 11 is 1.09. The van der Waals surface area contributed by atoms with Gasteiger partial charge in [0.25, 0.3) is 11.5 Å². The van der Waals surface area contributed by atoms with Gasteiger partial charge in [0.2, 0.25) is 5.13 Å². The van der Waals surface area contributed by atoms with Crippen molar-refractivity contribution in [3.8, 4) is 11.4 Å². The third-order valence-electron chi connectivity index (χ3n) is 3.97. The van der Waals surface area contributed by atoms with Gasteiger partial charge in [-0.25, -0.2) is 4.98 Å². The van der Waals surface area contributed by atoms with Crippen LogP contribution in [0, 0.1) is 0 Å². The minimum absolute atomic E-state index is 0.0644. The van der Waals surface area contributed by atoms with E-state index in [2.05, 4.69) is 19.7 Å². The van der Waals surface area contributed by atoms with Crippen molar-refractivity contribution in [1.82, 2.24) is 18.9 Å². The molecule has 0 aliphatic heterocycles. The Morgan fingerprint density at radius 1 is 1.21 bits per heavy atom. The molecule has 8 nitrogen and oxygen atoms in total. The van der Waals surface area contributed by atoms with E-state index >= 15 is 0 Å². The molecule has 142 valence electrons. The lowest BCUT2D eigenvalue weighted by atomic mass is 10.2.